The van der Waals surface area contributed by atoms with E-state index in [1.54, 1.807) is 4.90 Å². The topological polar surface area (TPSA) is 44.1 Å². The summed E-state index contributed by atoms with van der Waals surface area (Å²) < 4.78 is 0. The van der Waals surface area contributed by atoms with Crippen LogP contribution in [0.5, 0.6) is 0 Å². The van der Waals surface area contributed by atoms with Gasteiger partial charge in [-0.25, -0.2) is 0 Å². The highest BCUT2D eigenvalue weighted by Crippen LogP contribution is 2.22. The summed E-state index contributed by atoms with van der Waals surface area (Å²) in [5, 5.41) is 8.33. The lowest BCUT2D eigenvalue weighted by Gasteiger charge is -2.13. The molecule has 1 rings (SSSR count). The Morgan fingerprint density at radius 3 is 2.42 bits per heavy atom. The van der Waals surface area contributed by atoms with E-state index < -0.39 is 0 Å². The normalized spacial score (nSPS) is 28.6. The summed E-state index contributed by atoms with van der Waals surface area (Å²) in [6.45, 7) is 5.93. The number of carbonyl (C=O) groups excluding carboxylic acids is 1. The van der Waals surface area contributed by atoms with Gasteiger partial charge in [-0.3, -0.25) is 4.79 Å². The molecule has 1 heterocycles. The van der Waals surface area contributed by atoms with Crippen LogP contribution < -0.4 is 0 Å². The molecule has 3 heteroatoms. The van der Waals surface area contributed by atoms with Crippen molar-refractivity contribution in [2.75, 3.05) is 13.1 Å². The fourth-order valence-electron chi connectivity index (χ4n) is 1.51. The van der Waals surface area contributed by atoms with Crippen LogP contribution in [0.4, 0.5) is 0 Å². The molecule has 0 radical (unpaired) electrons. The first kappa shape index (κ1) is 9.05. The molecule has 66 valence electrons. The van der Waals surface area contributed by atoms with Gasteiger partial charge in [-0.1, -0.05) is 13.8 Å². The average Bonchev–Trinajstić information content (AvgIpc) is 2.33. The van der Waals surface area contributed by atoms with Crippen LogP contribution in [0.15, 0.2) is 0 Å². The van der Waals surface area contributed by atoms with Gasteiger partial charge in [0.25, 0.3) is 0 Å². The highest BCUT2D eigenvalue weighted by atomic mass is 16.2. The summed E-state index contributed by atoms with van der Waals surface area (Å²) in [5.41, 5.74) is 0. The molecule has 1 amide bonds. The second-order valence-electron chi connectivity index (χ2n) is 3.59. The number of hydrogen-bond donors (Lipinski definition) is 0. The number of carbonyl (C=O) groups is 1. The maximum atomic E-state index is 11.2. The molecule has 0 aromatic carbocycles. The smallest absolute Gasteiger partial charge is 0.236 e. The molecular weight excluding hydrogens is 152 g/mol. The Labute approximate surface area is 73.0 Å². The second kappa shape index (κ2) is 3.57. The minimum Gasteiger partial charge on any atom is -0.341 e. The number of nitrogens with zero attached hydrogens (tertiary/aromatic N) is 2. The van der Waals surface area contributed by atoms with Crippen molar-refractivity contribution in [1.82, 2.24) is 4.90 Å². The molecule has 0 aromatic rings. The number of likely N-dealkylation sites (tertiary alicyclic amines) is 1. The quantitative estimate of drug-likeness (QED) is 0.583. The first-order valence-corrected chi connectivity index (χ1v) is 4.30. The summed E-state index contributed by atoms with van der Waals surface area (Å²) in [6.07, 6.45) is 0.0272. The van der Waals surface area contributed by atoms with Gasteiger partial charge < -0.3 is 4.90 Å². The fraction of sp³-hybridized carbons (Fsp3) is 0.778. The van der Waals surface area contributed by atoms with E-state index in [2.05, 4.69) is 13.8 Å². The molecule has 12 heavy (non-hydrogen) atoms. The van der Waals surface area contributed by atoms with Crippen molar-refractivity contribution in [2.45, 2.75) is 20.3 Å². The predicted molar refractivity (Wildman–Crippen MR) is 45.1 cm³/mol. The molecular formula is C9H14N2O. The minimum atomic E-state index is -0.0197. The van der Waals surface area contributed by atoms with Gasteiger partial charge >= 0.3 is 0 Å². The van der Waals surface area contributed by atoms with Crippen LogP contribution in [0.1, 0.15) is 20.3 Å². The predicted octanol–water partition coefficient (Wildman–Crippen LogP) is 1.01. The molecule has 0 spiro atoms. The van der Waals surface area contributed by atoms with Crippen molar-refractivity contribution in [3.05, 3.63) is 0 Å². The van der Waals surface area contributed by atoms with Crippen LogP contribution in [0.2, 0.25) is 0 Å². The molecule has 0 aliphatic carbocycles. The Kier molecular flexibility index (Phi) is 2.69. The lowest BCUT2D eigenvalue weighted by Crippen LogP contribution is -2.28. The van der Waals surface area contributed by atoms with Crippen molar-refractivity contribution in [3.8, 4) is 6.07 Å². The van der Waals surface area contributed by atoms with Crippen molar-refractivity contribution < 1.29 is 4.79 Å². The number of amides is 1. The largest absolute Gasteiger partial charge is 0.341 e. The zero-order valence-corrected chi connectivity index (χ0v) is 7.58. The molecule has 1 aliphatic heterocycles. The maximum absolute atomic E-state index is 11.2. The van der Waals surface area contributed by atoms with Crippen LogP contribution in [-0.4, -0.2) is 23.9 Å². The Balaban J connectivity index is 2.47. The highest BCUT2D eigenvalue weighted by molar-refractivity contribution is 5.78. The van der Waals surface area contributed by atoms with Crippen molar-refractivity contribution in [1.29, 1.82) is 5.26 Å². The monoisotopic (exact) mass is 166 g/mol. The second-order valence-corrected chi connectivity index (χ2v) is 3.59. The van der Waals surface area contributed by atoms with Crippen molar-refractivity contribution >= 4 is 5.91 Å². The number of hydrogen-bond acceptors (Lipinski definition) is 2. The lowest BCUT2D eigenvalue weighted by molar-refractivity contribution is -0.129. The third-order valence-electron chi connectivity index (χ3n) is 2.57. The van der Waals surface area contributed by atoms with Gasteiger partial charge in [0.1, 0.15) is 6.42 Å². The summed E-state index contributed by atoms with van der Waals surface area (Å²) in [7, 11) is 0. The van der Waals surface area contributed by atoms with Crippen molar-refractivity contribution in [3.63, 3.8) is 0 Å². The molecule has 1 saturated heterocycles. The van der Waals surface area contributed by atoms with Crippen LogP contribution >= 0.6 is 0 Å². The molecule has 0 saturated carbocycles. The molecule has 3 nitrogen and oxygen atoms in total. The van der Waals surface area contributed by atoms with E-state index in [0.29, 0.717) is 11.8 Å². The Hall–Kier alpha value is -1.04. The third kappa shape index (κ3) is 1.76. The van der Waals surface area contributed by atoms with Gasteiger partial charge in [0.05, 0.1) is 6.07 Å². The lowest BCUT2D eigenvalue weighted by atomic mass is 10.0. The van der Waals surface area contributed by atoms with E-state index in [9.17, 15) is 4.79 Å². The Morgan fingerprint density at radius 1 is 1.50 bits per heavy atom. The highest BCUT2D eigenvalue weighted by Gasteiger charge is 2.28. The number of rotatable bonds is 1. The summed E-state index contributed by atoms with van der Waals surface area (Å²) >= 11 is 0. The standard InChI is InChI=1S/C9H14N2O/c1-7-5-11(6-8(7)2)9(12)3-4-10/h7-8H,3,5-6H2,1-2H3/t7-,8+. The number of nitriles is 1. The first-order chi connectivity index (χ1) is 5.65. The van der Waals surface area contributed by atoms with Gasteiger partial charge in [0.2, 0.25) is 5.91 Å². The van der Waals surface area contributed by atoms with Gasteiger partial charge in [-0.05, 0) is 11.8 Å². The zero-order valence-electron chi connectivity index (χ0n) is 7.58. The van der Waals surface area contributed by atoms with Crippen LogP contribution in [0.25, 0.3) is 0 Å². The maximum Gasteiger partial charge on any atom is 0.236 e. The van der Waals surface area contributed by atoms with Gasteiger partial charge in [0.15, 0.2) is 0 Å². The minimum absolute atomic E-state index is 0.0197. The van der Waals surface area contributed by atoms with Crippen LogP contribution in [-0.2, 0) is 4.79 Å². The third-order valence-corrected chi connectivity index (χ3v) is 2.57. The van der Waals surface area contributed by atoms with Crippen LogP contribution in [0.3, 0.4) is 0 Å². The molecule has 1 aliphatic rings. The van der Waals surface area contributed by atoms with Gasteiger partial charge in [0, 0.05) is 13.1 Å². The average molecular weight is 166 g/mol. The SMILES string of the molecule is C[C@@H]1CN(C(=O)CC#N)C[C@@H]1C. The molecule has 0 bridgehead atoms. The van der Waals surface area contributed by atoms with Gasteiger partial charge in [-0.15, -0.1) is 0 Å². The van der Waals surface area contributed by atoms with Crippen LogP contribution in [0, 0.1) is 23.2 Å². The Bertz CT molecular complexity index is 209. The summed E-state index contributed by atoms with van der Waals surface area (Å²) in [4.78, 5) is 13.0. The summed E-state index contributed by atoms with van der Waals surface area (Å²) in [6, 6.07) is 1.88. The van der Waals surface area contributed by atoms with E-state index in [4.69, 9.17) is 5.26 Å². The molecule has 1 fully saturated rings. The van der Waals surface area contributed by atoms with E-state index in [0.717, 1.165) is 13.1 Å². The molecule has 2 atom stereocenters. The van der Waals surface area contributed by atoms with E-state index in [1.807, 2.05) is 6.07 Å². The fourth-order valence-corrected chi connectivity index (χ4v) is 1.51. The van der Waals surface area contributed by atoms with E-state index in [1.165, 1.54) is 0 Å². The Morgan fingerprint density at radius 2 is 2.00 bits per heavy atom. The molecule has 0 aromatic heterocycles. The summed E-state index contributed by atoms with van der Waals surface area (Å²) in [5.74, 6) is 1.13. The van der Waals surface area contributed by atoms with Gasteiger partial charge in [-0.2, -0.15) is 5.26 Å². The zero-order chi connectivity index (χ0) is 9.14. The molecule has 0 N–H and O–H groups in total. The van der Waals surface area contributed by atoms with Crippen molar-refractivity contribution in [2.24, 2.45) is 11.8 Å². The first-order valence-electron chi connectivity index (χ1n) is 4.30. The van der Waals surface area contributed by atoms with E-state index >= 15 is 0 Å². The molecule has 0 unspecified atom stereocenters. The van der Waals surface area contributed by atoms with E-state index in [-0.39, 0.29) is 12.3 Å².